The topological polar surface area (TPSA) is 92.7 Å². The van der Waals surface area contributed by atoms with E-state index in [0.717, 1.165) is 15.8 Å². The lowest BCUT2D eigenvalue weighted by atomic mass is 10.0. The molecule has 0 saturated carbocycles. The van der Waals surface area contributed by atoms with Gasteiger partial charge in [-0.2, -0.15) is 10.2 Å². The monoisotopic (exact) mass is 379 g/mol. The predicted octanol–water partition coefficient (Wildman–Crippen LogP) is 3.22. The van der Waals surface area contributed by atoms with E-state index in [1.54, 1.807) is 38.2 Å². The molecule has 3 aromatic heterocycles. The summed E-state index contributed by atoms with van der Waals surface area (Å²) in [5.41, 5.74) is 0.588. The molecule has 0 saturated heterocycles. The molecule has 27 heavy (non-hydrogen) atoms. The number of aromatic nitrogens is 4. The predicted molar refractivity (Wildman–Crippen MR) is 106 cm³/mol. The molecule has 0 fully saturated rings. The molecule has 4 rings (SSSR count). The minimum atomic E-state index is -1.17. The van der Waals surface area contributed by atoms with Crippen LogP contribution in [0.25, 0.3) is 21.5 Å². The number of rotatable bonds is 4. The molecule has 136 valence electrons. The molecule has 0 aliphatic carbocycles. The SMILES string of the molecule is CC(C)(C(=O)Nc1ccc2cn[nH]c2c1)n1nc(-c2cccs2)ccc1=O. The number of nitrogens with one attached hydrogen (secondary N) is 2. The quantitative estimate of drug-likeness (QED) is 0.569. The summed E-state index contributed by atoms with van der Waals surface area (Å²) in [6.07, 6.45) is 1.71. The van der Waals surface area contributed by atoms with Crippen LogP contribution in [0.3, 0.4) is 0 Å². The molecule has 3 heterocycles. The Morgan fingerprint density at radius 1 is 1.22 bits per heavy atom. The summed E-state index contributed by atoms with van der Waals surface area (Å²) < 4.78 is 1.23. The number of anilines is 1. The molecule has 0 aliphatic heterocycles. The van der Waals surface area contributed by atoms with Crippen molar-refractivity contribution < 1.29 is 4.79 Å². The van der Waals surface area contributed by atoms with Crippen LogP contribution < -0.4 is 10.9 Å². The highest BCUT2D eigenvalue weighted by molar-refractivity contribution is 7.13. The largest absolute Gasteiger partial charge is 0.324 e. The fraction of sp³-hybridized carbons (Fsp3) is 0.158. The standard InChI is InChI=1S/C19H17N5O2S/c1-19(2,18(26)21-13-6-5-12-11-20-22-15(12)10-13)24-17(25)8-7-14(23-24)16-4-3-9-27-16/h3-11H,1-2H3,(H,20,22)(H,21,26). The molecule has 7 nitrogen and oxygen atoms in total. The molecule has 0 unspecified atom stereocenters. The number of hydrogen-bond acceptors (Lipinski definition) is 5. The molecule has 0 bridgehead atoms. The van der Waals surface area contributed by atoms with Gasteiger partial charge in [0.05, 0.1) is 16.6 Å². The van der Waals surface area contributed by atoms with E-state index in [1.165, 1.54) is 22.1 Å². The zero-order valence-corrected chi connectivity index (χ0v) is 15.6. The first-order chi connectivity index (χ1) is 12.9. The van der Waals surface area contributed by atoms with Gasteiger partial charge in [0.15, 0.2) is 0 Å². The van der Waals surface area contributed by atoms with Gasteiger partial charge in [0.1, 0.15) is 11.2 Å². The fourth-order valence-electron chi connectivity index (χ4n) is 2.76. The lowest BCUT2D eigenvalue weighted by Gasteiger charge is -2.25. The van der Waals surface area contributed by atoms with Gasteiger partial charge in [0.2, 0.25) is 0 Å². The van der Waals surface area contributed by atoms with Gasteiger partial charge in [-0.3, -0.25) is 14.7 Å². The van der Waals surface area contributed by atoms with Crippen molar-refractivity contribution in [1.29, 1.82) is 0 Å². The molecule has 1 amide bonds. The fourth-order valence-corrected chi connectivity index (χ4v) is 3.45. The van der Waals surface area contributed by atoms with Crippen molar-refractivity contribution in [3.63, 3.8) is 0 Å². The van der Waals surface area contributed by atoms with Gasteiger partial charge in [0.25, 0.3) is 11.5 Å². The average molecular weight is 379 g/mol. The van der Waals surface area contributed by atoms with Crippen LogP contribution in [0.2, 0.25) is 0 Å². The van der Waals surface area contributed by atoms with Gasteiger partial charge >= 0.3 is 0 Å². The van der Waals surface area contributed by atoms with E-state index >= 15 is 0 Å². The number of fused-ring (bicyclic) bond motifs is 1. The third-order valence-electron chi connectivity index (χ3n) is 4.36. The number of nitrogens with zero attached hydrogens (tertiary/aromatic N) is 3. The van der Waals surface area contributed by atoms with Gasteiger partial charge in [-0.15, -0.1) is 11.3 Å². The van der Waals surface area contributed by atoms with E-state index in [-0.39, 0.29) is 11.5 Å². The van der Waals surface area contributed by atoms with Gasteiger partial charge in [0, 0.05) is 17.1 Å². The number of benzene rings is 1. The molecule has 2 N–H and O–H groups in total. The molecule has 0 aliphatic rings. The Kier molecular flexibility index (Phi) is 4.12. The highest BCUT2D eigenvalue weighted by Gasteiger charge is 2.32. The Hall–Kier alpha value is -3.26. The molecular formula is C19H17N5O2S. The normalized spacial score (nSPS) is 11.6. The second-order valence-electron chi connectivity index (χ2n) is 6.63. The third kappa shape index (κ3) is 3.15. The number of thiophene rings is 1. The third-order valence-corrected chi connectivity index (χ3v) is 5.25. The maximum Gasteiger partial charge on any atom is 0.267 e. The summed E-state index contributed by atoms with van der Waals surface area (Å²) in [6, 6.07) is 12.4. The van der Waals surface area contributed by atoms with Crippen LogP contribution in [0.5, 0.6) is 0 Å². The van der Waals surface area contributed by atoms with E-state index in [9.17, 15) is 9.59 Å². The molecular weight excluding hydrogens is 362 g/mol. The smallest absolute Gasteiger partial charge is 0.267 e. The summed E-state index contributed by atoms with van der Waals surface area (Å²) in [4.78, 5) is 26.3. The Morgan fingerprint density at radius 3 is 2.85 bits per heavy atom. The second-order valence-corrected chi connectivity index (χ2v) is 7.58. The average Bonchev–Trinajstić information content (AvgIpc) is 3.33. The minimum Gasteiger partial charge on any atom is -0.324 e. The zero-order chi connectivity index (χ0) is 19.0. The summed E-state index contributed by atoms with van der Waals surface area (Å²) in [7, 11) is 0. The van der Waals surface area contributed by atoms with Crippen molar-refractivity contribution in [3.05, 3.63) is 64.4 Å². The molecule has 0 radical (unpaired) electrons. The zero-order valence-electron chi connectivity index (χ0n) is 14.8. The Bertz CT molecular complexity index is 1170. The lowest BCUT2D eigenvalue weighted by Crippen LogP contribution is -2.47. The summed E-state index contributed by atoms with van der Waals surface area (Å²) >= 11 is 1.53. The van der Waals surface area contributed by atoms with Crippen molar-refractivity contribution in [3.8, 4) is 10.6 Å². The highest BCUT2D eigenvalue weighted by atomic mass is 32.1. The van der Waals surface area contributed by atoms with Crippen molar-refractivity contribution >= 4 is 33.8 Å². The number of amides is 1. The Balaban J connectivity index is 1.66. The van der Waals surface area contributed by atoms with E-state index in [0.29, 0.717) is 11.4 Å². The number of H-pyrrole nitrogens is 1. The first-order valence-corrected chi connectivity index (χ1v) is 9.22. The first kappa shape index (κ1) is 17.2. The Labute approximate surface area is 158 Å². The number of carbonyl (C=O) groups excluding carboxylic acids is 1. The Morgan fingerprint density at radius 2 is 2.07 bits per heavy atom. The molecule has 8 heteroatoms. The van der Waals surface area contributed by atoms with E-state index in [4.69, 9.17) is 0 Å². The minimum absolute atomic E-state index is 0.334. The van der Waals surface area contributed by atoms with Crippen molar-refractivity contribution in [1.82, 2.24) is 20.0 Å². The number of hydrogen-bond donors (Lipinski definition) is 2. The maximum atomic E-state index is 12.9. The van der Waals surface area contributed by atoms with Gasteiger partial charge in [-0.05, 0) is 49.6 Å². The van der Waals surface area contributed by atoms with Crippen LogP contribution in [0, 0.1) is 0 Å². The molecule has 1 aromatic carbocycles. The maximum absolute atomic E-state index is 12.9. The first-order valence-electron chi connectivity index (χ1n) is 8.34. The molecule has 0 atom stereocenters. The van der Waals surface area contributed by atoms with E-state index in [1.807, 2.05) is 23.6 Å². The van der Waals surface area contributed by atoms with Crippen LogP contribution in [-0.4, -0.2) is 25.9 Å². The molecule has 0 spiro atoms. The van der Waals surface area contributed by atoms with Crippen molar-refractivity contribution in [2.75, 3.05) is 5.32 Å². The lowest BCUT2D eigenvalue weighted by molar-refractivity contribution is -0.123. The summed E-state index contributed by atoms with van der Waals surface area (Å²) in [5, 5.41) is 17.0. The summed E-state index contributed by atoms with van der Waals surface area (Å²) in [5.74, 6) is -0.334. The van der Waals surface area contributed by atoms with E-state index < -0.39 is 5.54 Å². The van der Waals surface area contributed by atoms with Gasteiger partial charge < -0.3 is 5.32 Å². The van der Waals surface area contributed by atoms with E-state index in [2.05, 4.69) is 20.6 Å². The van der Waals surface area contributed by atoms with Crippen LogP contribution in [0.15, 0.2) is 58.8 Å². The van der Waals surface area contributed by atoms with Gasteiger partial charge in [-0.25, -0.2) is 4.68 Å². The number of carbonyl (C=O) groups is 1. The highest BCUT2D eigenvalue weighted by Crippen LogP contribution is 2.24. The van der Waals surface area contributed by atoms with Crippen LogP contribution in [0.4, 0.5) is 5.69 Å². The number of aromatic amines is 1. The van der Waals surface area contributed by atoms with Crippen molar-refractivity contribution in [2.45, 2.75) is 19.4 Å². The van der Waals surface area contributed by atoms with Crippen molar-refractivity contribution in [2.24, 2.45) is 0 Å². The van der Waals surface area contributed by atoms with Crippen LogP contribution in [-0.2, 0) is 10.3 Å². The summed E-state index contributed by atoms with van der Waals surface area (Å²) in [6.45, 7) is 3.34. The van der Waals surface area contributed by atoms with Crippen LogP contribution >= 0.6 is 11.3 Å². The van der Waals surface area contributed by atoms with Gasteiger partial charge in [-0.1, -0.05) is 6.07 Å². The second kappa shape index (κ2) is 6.48. The molecule has 4 aromatic rings. The van der Waals surface area contributed by atoms with Crippen LogP contribution in [0.1, 0.15) is 13.8 Å².